The molecule has 2 nitrogen and oxygen atoms in total. The fourth-order valence-corrected chi connectivity index (χ4v) is 0.841. The molecule has 3 heteroatoms. The Bertz CT molecular complexity index is 93.7. The molecule has 0 atom stereocenters. The van der Waals surface area contributed by atoms with E-state index in [9.17, 15) is 0 Å². The van der Waals surface area contributed by atoms with Gasteiger partial charge in [0.25, 0.3) is 0 Å². The van der Waals surface area contributed by atoms with E-state index in [1.165, 1.54) is 11.9 Å². The van der Waals surface area contributed by atoms with Gasteiger partial charge in [-0.3, -0.25) is 0 Å². The molecule has 0 rings (SSSR count). The third-order valence-corrected chi connectivity index (χ3v) is 1.91. The van der Waals surface area contributed by atoms with Gasteiger partial charge in [0.15, 0.2) is 0 Å². The second-order valence-electron chi connectivity index (χ2n) is 3.12. The van der Waals surface area contributed by atoms with Crippen molar-refractivity contribution in [3.63, 3.8) is 0 Å². The van der Waals surface area contributed by atoms with Gasteiger partial charge in [0.2, 0.25) is 0 Å². The zero-order valence-electron chi connectivity index (χ0n) is 6.51. The monoisotopic (exact) mass is 146 g/mol. The Balaban J connectivity index is 3.28. The van der Waals surface area contributed by atoms with Gasteiger partial charge in [-0.25, -0.2) is 0 Å². The minimum Gasteiger partial charge on any atom is -0.185 e. The highest BCUT2D eigenvalue weighted by Crippen LogP contribution is 2.20. The molecule has 0 aliphatic carbocycles. The molecule has 0 aliphatic heterocycles. The quantitative estimate of drug-likeness (QED) is 0.434. The fourth-order valence-electron chi connectivity index (χ4n) is 0.280. The van der Waals surface area contributed by atoms with E-state index < -0.39 is 0 Å². The third-order valence-electron chi connectivity index (χ3n) is 0.637. The third kappa shape index (κ3) is 7.95. The van der Waals surface area contributed by atoms with E-state index >= 15 is 0 Å². The van der Waals surface area contributed by atoms with E-state index in [0.717, 1.165) is 5.75 Å². The molecule has 0 aromatic rings. The van der Waals surface area contributed by atoms with Gasteiger partial charge in [-0.05, 0) is 17.4 Å². The van der Waals surface area contributed by atoms with Crippen LogP contribution in [0, 0.1) is 5.41 Å². The summed E-state index contributed by atoms with van der Waals surface area (Å²) >= 11 is 1.52. The lowest BCUT2D eigenvalue weighted by Crippen LogP contribution is -2.07. The first-order valence-electron chi connectivity index (χ1n) is 2.97. The highest BCUT2D eigenvalue weighted by Gasteiger charge is 2.08. The number of hydrogen-bond donors (Lipinski definition) is 0. The first kappa shape index (κ1) is 8.95. The van der Waals surface area contributed by atoms with Crippen LogP contribution in [-0.2, 0) is 0 Å². The smallest absolute Gasteiger partial charge is 0.0498 e. The molecule has 0 spiro atoms. The summed E-state index contributed by atoms with van der Waals surface area (Å²) in [5.41, 5.74) is 0.360. The number of nitrogens with zero attached hydrogens (tertiary/aromatic N) is 2. The van der Waals surface area contributed by atoms with Crippen molar-refractivity contribution in [1.29, 1.82) is 0 Å². The van der Waals surface area contributed by atoms with Crippen molar-refractivity contribution in [2.45, 2.75) is 20.8 Å². The number of rotatable bonds is 2. The molecule has 0 fully saturated rings. The van der Waals surface area contributed by atoms with Gasteiger partial charge < -0.3 is 0 Å². The molecule has 0 bridgehead atoms. The zero-order chi connectivity index (χ0) is 7.33. The van der Waals surface area contributed by atoms with E-state index in [1.807, 2.05) is 0 Å². The molecule has 9 heavy (non-hydrogen) atoms. The summed E-state index contributed by atoms with van der Waals surface area (Å²) in [4.78, 5) is 0. The van der Waals surface area contributed by atoms with Gasteiger partial charge in [-0.2, -0.15) is 5.11 Å². The van der Waals surface area contributed by atoms with Crippen LogP contribution in [0.1, 0.15) is 20.8 Å². The van der Waals surface area contributed by atoms with Crippen LogP contribution >= 0.6 is 11.9 Å². The van der Waals surface area contributed by atoms with Crippen LogP contribution in [0.2, 0.25) is 0 Å². The first-order chi connectivity index (χ1) is 4.06. The van der Waals surface area contributed by atoms with Crippen LogP contribution in [0.15, 0.2) is 9.63 Å². The molecular formula is C6H14N2S. The molecule has 0 radical (unpaired) electrons. The van der Waals surface area contributed by atoms with Crippen molar-refractivity contribution >= 4 is 11.9 Å². The Morgan fingerprint density at radius 2 is 1.89 bits per heavy atom. The molecule has 0 aromatic heterocycles. The Morgan fingerprint density at radius 3 is 2.22 bits per heavy atom. The minimum absolute atomic E-state index is 0.360. The molecule has 0 saturated heterocycles. The summed E-state index contributed by atoms with van der Waals surface area (Å²) in [6.45, 7) is 6.56. The van der Waals surface area contributed by atoms with Gasteiger partial charge in [0.05, 0.1) is 0 Å². The average molecular weight is 146 g/mol. The predicted molar refractivity (Wildman–Crippen MR) is 42.7 cm³/mol. The van der Waals surface area contributed by atoms with Crippen molar-refractivity contribution in [1.82, 2.24) is 0 Å². The lowest BCUT2D eigenvalue weighted by Gasteiger charge is -2.13. The van der Waals surface area contributed by atoms with Crippen LogP contribution in [0.5, 0.6) is 0 Å². The molecule has 0 aromatic carbocycles. The van der Waals surface area contributed by atoms with Gasteiger partial charge in [-0.15, -0.1) is 4.52 Å². The predicted octanol–water partition coefficient (Wildman–Crippen LogP) is 2.76. The van der Waals surface area contributed by atoms with Crippen molar-refractivity contribution in [2.24, 2.45) is 15.0 Å². The van der Waals surface area contributed by atoms with Gasteiger partial charge >= 0.3 is 0 Å². The van der Waals surface area contributed by atoms with Crippen LogP contribution in [0.4, 0.5) is 0 Å². The minimum atomic E-state index is 0.360. The Hall–Kier alpha value is -0.0500. The topological polar surface area (TPSA) is 24.7 Å². The standard InChI is InChI=1S/C6H14N2S/c1-6(2,3)5-9-8-7-4/h5H2,1-4H3. The van der Waals surface area contributed by atoms with Crippen molar-refractivity contribution < 1.29 is 0 Å². The number of hydrogen-bond acceptors (Lipinski definition) is 3. The summed E-state index contributed by atoms with van der Waals surface area (Å²) in [6.07, 6.45) is 0. The van der Waals surface area contributed by atoms with Gasteiger partial charge in [0, 0.05) is 12.8 Å². The molecule has 0 unspecified atom stereocenters. The summed E-state index contributed by atoms with van der Waals surface area (Å²) < 4.78 is 3.80. The van der Waals surface area contributed by atoms with Crippen LogP contribution < -0.4 is 0 Å². The fraction of sp³-hybridized carbons (Fsp3) is 1.00. The summed E-state index contributed by atoms with van der Waals surface area (Å²) in [5, 5.41) is 3.63. The maximum atomic E-state index is 3.80. The van der Waals surface area contributed by atoms with Crippen LogP contribution in [0.25, 0.3) is 0 Å². The Morgan fingerprint density at radius 1 is 1.33 bits per heavy atom. The van der Waals surface area contributed by atoms with Crippen LogP contribution in [0.3, 0.4) is 0 Å². The molecule has 0 N–H and O–H groups in total. The highest BCUT2D eigenvalue weighted by molar-refractivity contribution is 7.97. The maximum Gasteiger partial charge on any atom is 0.0498 e. The lowest BCUT2D eigenvalue weighted by atomic mass is 10.0. The molecule has 0 saturated carbocycles. The van der Waals surface area contributed by atoms with E-state index in [0.29, 0.717) is 5.41 Å². The lowest BCUT2D eigenvalue weighted by molar-refractivity contribution is 0.481. The van der Waals surface area contributed by atoms with E-state index in [-0.39, 0.29) is 0 Å². The maximum absolute atomic E-state index is 3.80. The largest absolute Gasteiger partial charge is 0.185 e. The molecule has 0 amide bonds. The zero-order valence-corrected chi connectivity index (χ0v) is 7.33. The summed E-state index contributed by atoms with van der Waals surface area (Å²) in [5.74, 6) is 1.03. The Labute approximate surface area is 61.3 Å². The molecule has 0 aliphatic rings. The van der Waals surface area contributed by atoms with Crippen molar-refractivity contribution in [2.75, 3.05) is 12.8 Å². The van der Waals surface area contributed by atoms with Crippen LogP contribution in [-0.4, -0.2) is 12.8 Å². The van der Waals surface area contributed by atoms with E-state index in [1.54, 1.807) is 7.05 Å². The van der Waals surface area contributed by atoms with Crippen molar-refractivity contribution in [3.05, 3.63) is 0 Å². The molecule has 54 valence electrons. The normalized spacial score (nSPS) is 12.9. The van der Waals surface area contributed by atoms with Crippen molar-refractivity contribution in [3.8, 4) is 0 Å². The SMILES string of the molecule is CN=NSCC(C)(C)C. The average Bonchev–Trinajstić information content (AvgIpc) is 1.63. The van der Waals surface area contributed by atoms with Gasteiger partial charge in [-0.1, -0.05) is 20.8 Å². The summed E-state index contributed by atoms with van der Waals surface area (Å²) in [6, 6.07) is 0. The molecule has 0 heterocycles. The molecular weight excluding hydrogens is 132 g/mol. The van der Waals surface area contributed by atoms with E-state index in [2.05, 4.69) is 30.4 Å². The Kier molecular flexibility index (Phi) is 3.86. The summed E-state index contributed by atoms with van der Waals surface area (Å²) in [7, 11) is 1.69. The van der Waals surface area contributed by atoms with E-state index in [4.69, 9.17) is 0 Å². The second-order valence-corrected chi connectivity index (χ2v) is 3.83. The second kappa shape index (κ2) is 3.88. The van der Waals surface area contributed by atoms with Gasteiger partial charge in [0.1, 0.15) is 0 Å². The highest BCUT2D eigenvalue weighted by atomic mass is 32.2. The first-order valence-corrected chi connectivity index (χ1v) is 3.91.